The summed E-state index contributed by atoms with van der Waals surface area (Å²) in [6.07, 6.45) is 1.32. The van der Waals surface area contributed by atoms with Crippen LogP contribution in [0.25, 0.3) is 0 Å². The van der Waals surface area contributed by atoms with Crippen molar-refractivity contribution in [3.8, 4) is 6.07 Å². The lowest BCUT2D eigenvalue weighted by atomic mass is 10.0. The summed E-state index contributed by atoms with van der Waals surface area (Å²) in [6, 6.07) is 16.1. The number of aryl methyl sites for hydroxylation is 1. The second-order valence-corrected chi connectivity index (χ2v) is 8.94. The van der Waals surface area contributed by atoms with Crippen LogP contribution in [0.2, 0.25) is 0 Å². The number of aromatic nitrogens is 4. The van der Waals surface area contributed by atoms with Crippen molar-refractivity contribution in [1.82, 2.24) is 20.0 Å². The number of anilines is 2. The third kappa shape index (κ3) is 4.37. The molecule has 9 nitrogen and oxygen atoms in total. The van der Waals surface area contributed by atoms with Crippen LogP contribution >= 0.6 is 0 Å². The number of alkyl halides is 2. The van der Waals surface area contributed by atoms with Crippen molar-refractivity contribution >= 4 is 23.2 Å². The molecule has 2 aromatic heterocycles. The Morgan fingerprint density at radius 3 is 2.58 bits per heavy atom. The number of benzene rings is 2. The van der Waals surface area contributed by atoms with Crippen molar-refractivity contribution in [2.45, 2.75) is 32.4 Å². The zero-order valence-electron chi connectivity index (χ0n) is 20.4. The Kier molecular flexibility index (Phi) is 6.16. The molecule has 4 aromatic rings. The first-order valence-corrected chi connectivity index (χ1v) is 11.7. The topological polar surface area (TPSA) is 117 Å². The molecule has 1 N–H and O–H groups in total. The Morgan fingerprint density at radius 2 is 1.89 bits per heavy atom. The van der Waals surface area contributed by atoms with Crippen LogP contribution in [0.3, 0.4) is 0 Å². The van der Waals surface area contributed by atoms with Crippen LogP contribution in [0, 0.1) is 18.3 Å². The summed E-state index contributed by atoms with van der Waals surface area (Å²) < 4.78 is 31.5. The van der Waals surface area contributed by atoms with Crippen molar-refractivity contribution in [3.63, 3.8) is 0 Å². The Labute approximate surface area is 216 Å². The van der Waals surface area contributed by atoms with Crippen molar-refractivity contribution < 1.29 is 18.4 Å². The third-order valence-electron chi connectivity index (χ3n) is 6.26. The van der Waals surface area contributed by atoms with E-state index in [-0.39, 0.29) is 22.9 Å². The number of halogens is 2. The molecule has 1 aliphatic rings. The second-order valence-electron chi connectivity index (χ2n) is 8.94. The number of amides is 2. The van der Waals surface area contributed by atoms with Gasteiger partial charge in [0.25, 0.3) is 11.8 Å². The lowest BCUT2D eigenvalue weighted by molar-refractivity contribution is 0.0370. The fourth-order valence-electron chi connectivity index (χ4n) is 4.34. The van der Waals surface area contributed by atoms with Gasteiger partial charge in [-0.25, -0.2) is 0 Å². The molecule has 0 aliphatic carbocycles. The monoisotopic (exact) mass is 513 g/mol. The van der Waals surface area contributed by atoms with Crippen LogP contribution in [0.5, 0.6) is 0 Å². The van der Waals surface area contributed by atoms with Gasteiger partial charge in [0, 0.05) is 16.9 Å². The van der Waals surface area contributed by atoms with Gasteiger partial charge in [-0.3, -0.25) is 14.3 Å². The van der Waals surface area contributed by atoms with Gasteiger partial charge in [-0.1, -0.05) is 18.2 Å². The van der Waals surface area contributed by atoms with E-state index in [1.165, 1.54) is 58.2 Å². The molecule has 3 heterocycles. The standard InChI is InChI=1S/C27H21F2N7O2/c1-16-6-11-23(34-33-16)27(28,29)19-7-9-21(10-8-19)36-17(2)15-35-24(26(36)38)22(14-31-35)25(37)32-20-5-3-4-18(12-20)13-30/h3-12,14,17H,15H2,1-2H3,(H,32,37)/t17-/m0/s1. The van der Waals surface area contributed by atoms with Crippen molar-refractivity contribution in [1.29, 1.82) is 5.26 Å². The third-order valence-corrected chi connectivity index (χ3v) is 6.26. The van der Waals surface area contributed by atoms with Crippen molar-refractivity contribution in [2.75, 3.05) is 10.2 Å². The molecule has 11 heteroatoms. The van der Waals surface area contributed by atoms with Gasteiger partial charge in [-0.15, -0.1) is 5.10 Å². The minimum Gasteiger partial charge on any atom is -0.322 e. The van der Waals surface area contributed by atoms with Crippen LogP contribution < -0.4 is 10.2 Å². The van der Waals surface area contributed by atoms with Crippen LogP contribution in [0.1, 0.15) is 50.3 Å². The highest BCUT2D eigenvalue weighted by molar-refractivity contribution is 6.15. The van der Waals surface area contributed by atoms with Gasteiger partial charge in [-0.05, 0) is 56.3 Å². The SMILES string of the molecule is Cc1ccc(C(F)(F)c2ccc(N3C(=O)c4c(C(=O)Nc5cccc(C#N)c5)cnn4C[C@@H]3C)cc2)nn1. The quantitative estimate of drug-likeness (QED) is 0.425. The number of nitriles is 1. The first-order valence-electron chi connectivity index (χ1n) is 11.7. The Bertz CT molecular complexity index is 1570. The van der Waals surface area contributed by atoms with E-state index in [2.05, 4.69) is 20.6 Å². The maximum absolute atomic E-state index is 15.0. The van der Waals surface area contributed by atoms with Crippen LogP contribution in [-0.2, 0) is 12.5 Å². The molecule has 0 unspecified atom stereocenters. The average Bonchev–Trinajstić information content (AvgIpc) is 3.33. The van der Waals surface area contributed by atoms with Gasteiger partial charge >= 0.3 is 5.92 Å². The van der Waals surface area contributed by atoms with Crippen LogP contribution in [0.15, 0.2) is 66.9 Å². The van der Waals surface area contributed by atoms with E-state index in [0.717, 1.165) is 0 Å². The van der Waals surface area contributed by atoms with Gasteiger partial charge in [0.05, 0.1) is 41.7 Å². The summed E-state index contributed by atoms with van der Waals surface area (Å²) >= 11 is 0. The molecular weight excluding hydrogens is 492 g/mol. The number of nitrogens with one attached hydrogen (secondary N) is 1. The van der Waals surface area contributed by atoms with Crippen LogP contribution in [0.4, 0.5) is 20.2 Å². The van der Waals surface area contributed by atoms with E-state index in [1.807, 2.05) is 6.07 Å². The first-order chi connectivity index (χ1) is 18.2. The normalized spacial score (nSPS) is 15.1. The molecule has 1 atom stereocenters. The summed E-state index contributed by atoms with van der Waals surface area (Å²) in [5.74, 6) is -4.41. The molecule has 2 amide bonds. The molecule has 38 heavy (non-hydrogen) atoms. The smallest absolute Gasteiger partial charge is 0.316 e. The molecule has 2 aromatic carbocycles. The number of fused-ring (bicyclic) bond motifs is 1. The first kappa shape index (κ1) is 24.7. The number of carbonyl (C=O) groups is 2. The average molecular weight is 514 g/mol. The summed E-state index contributed by atoms with van der Waals surface area (Å²) in [5.41, 5.74) is 1.09. The molecular formula is C27H21F2N7O2. The molecule has 0 fully saturated rings. The highest BCUT2D eigenvalue weighted by Gasteiger charge is 2.38. The largest absolute Gasteiger partial charge is 0.322 e. The minimum absolute atomic E-state index is 0.0651. The minimum atomic E-state index is -3.37. The predicted molar refractivity (Wildman–Crippen MR) is 134 cm³/mol. The van der Waals surface area contributed by atoms with Gasteiger partial charge in [-0.2, -0.15) is 24.2 Å². The highest BCUT2D eigenvalue weighted by atomic mass is 19.3. The number of carbonyl (C=O) groups excluding carboxylic acids is 2. The number of nitrogens with zero attached hydrogens (tertiary/aromatic N) is 6. The van der Waals surface area contributed by atoms with E-state index >= 15 is 8.78 Å². The van der Waals surface area contributed by atoms with E-state index in [1.54, 1.807) is 32.0 Å². The molecule has 190 valence electrons. The lowest BCUT2D eigenvalue weighted by Crippen LogP contribution is -2.47. The summed E-state index contributed by atoms with van der Waals surface area (Å²) in [5, 5.41) is 23.3. The molecule has 1 aliphatic heterocycles. The maximum atomic E-state index is 15.0. The predicted octanol–water partition coefficient (Wildman–Crippen LogP) is 4.29. The van der Waals surface area contributed by atoms with E-state index in [4.69, 9.17) is 5.26 Å². The molecule has 0 saturated heterocycles. The molecule has 0 bridgehead atoms. The van der Waals surface area contributed by atoms with Gasteiger partial charge in [0.2, 0.25) is 0 Å². The summed E-state index contributed by atoms with van der Waals surface area (Å²) in [7, 11) is 0. The number of rotatable bonds is 5. The fraction of sp³-hybridized carbons (Fsp3) is 0.185. The van der Waals surface area contributed by atoms with Crippen molar-refractivity contribution in [2.24, 2.45) is 0 Å². The van der Waals surface area contributed by atoms with E-state index in [9.17, 15) is 9.59 Å². The summed E-state index contributed by atoms with van der Waals surface area (Å²) in [6.45, 7) is 3.77. The molecule has 0 radical (unpaired) electrons. The van der Waals surface area contributed by atoms with E-state index in [0.29, 0.717) is 29.2 Å². The lowest BCUT2D eigenvalue weighted by Gasteiger charge is -2.34. The maximum Gasteiger partial charge on any atom is 0.316 e. The number of hydrogen-bond donors (Lipinski definition) is 1. The Morgan fingerprint density at radius 1 is 1.13 bits per heavy atom. The fourth-order valence-corrected chi connectivity index (χ4v) is 4.34. The van der Waals surface area contributed by atoms with Gasteiger partial charge in [0.1, 0.15) is 11.4 Å². The van der Waals surface area contributed by atoms with Crippen molar-refractivity contribution in [3.05, 3.63) is 101 Å². The van der Waals surface area contributed by atoms with E-state index < -0.39 is 23.4 Å². The molecule has 0 saturated carbocycles. The molecule has 0 spiro atoms. The highest BCUT2D eigenvalue weighted by Crippen LogP contribution is 2.36. The number of hydrogen-bond acceptors (Lipinski definition) is 6. The van der Waals surface area contributed by atoms with Crippen LogP contribution in [-0.4, -0.2) is 37.8 Å². The zero-order chi connectivity index (χ0) is 27.0. The molecule has 5 rings (SSSR count). The van der Waals surface area contributed by atoms with Gasteiger partial charge < -0.3 is 10.2 Å². The second kappa shape index (κ2) is 9.48. The van der Waals surface area contributed by atoms with Gasteiger partial charge in [0.15, 0.2) is 0 Å². The summed E-state index contributed by atoms with van der Waals surface area (Å²) in [4.78, 5) is 28.0. The zero-order valence-corrected chi connectivity index (χ0v) is 20.4. The Balaban J connectivity index is 1.41. The Hall–Kier alpha value is -4.98.